The number of halogens is 1. The summed E-state index contributed by atoms with van der Waals surface area (Å²) in [4.78, 5) is 0. The maximum atomic E-state index is 5.63. The first-order chi connectivity index (χ1) is 7.81. The number of aryl methyl sites for hydroxylation is 1. The molecule has 2 rings (SSSR count). The van der Waals surface area contributed by atoms with Crippen LogP contribution < -0.4 is 5.73 Å². The van der Waals surface area contributed by atoms with Crippen LogP contribution in [-0.4, -0.2) is 6.54 Å². The zero-order valence-corrected chi connectivity index (χ0v) is 10.8. The first-order valence-electron chi connectivity index (χ1n) is 5.66. The second kappa shape index (κ2) is 6.43. The van der Waals surface area contributed by atoms with Crippen molar-refractivity contribution in [2.75, 3.05) is 6.54 Å². The lowest BCUT2D eigenvalue weighted by Gasteiger charge is -2.08. The predicted octanol–water partition coefficient (Wildman–Crippen LogP) is 3.59. The third-order valence-corrected chi connectivity index (χ3v) is 2.79. The average Bonchev–Trinajstić information content (AvgIpc) is 2.32. The maximum Gasteiger partial charge on any atom is -0.00365 e. The highest BCUT2D eigenvalue weighted by atomic mass is 35.5. The molecule has 90 valence electrons. The van der Waals surface area contributed by atoms with E-state index < -0.39 is 0 Å². The molecule has 0 unspecified atom stereocenters. The summed E-state index contributed by atoms with van der Waals surface area (Å²) in [6.45, 7) is 2.80. The average molecular weight is 248 g/mol. The van der Waals surface area contributed by atoms with Gasteiger partial charge in [0, 0.05) is 0 Å². The first-order valence-corrected chi connectivity index (χ1v) is 5.66. The highest BCUT2D eigenvalue weighted by Crippen LogP contribution is 2.24. The normalized spacial score (nSPS) is 9.76. The molecule has 0 radical (unpaired) electrons. The lowest BCUT2D eigenvalue weighted by Crippen LogP contribution is -2.03. The Hall–Kier alpha value is -1.31. The predicted molar refractivity (Wildman–Crippen MR) is 76.6 cm³/mol. The molecule has 0 saturated heterocycles. The van der Waals surface area contributed by atoms with E-state index in [0.29, 0.717) is 6.54 Å². The van der Waals surface area contributed by atoms with Gasteiger partial charge in [0.15, 0.2) is 0 Å². The van der Waals surface area contributed by atoms with E-state index in [-0.39, 0.29) is 12.4 Å². The minimum absolute atomic E-state index is 0. The quantitative estimate of drug-likeness (QED) is 0.882. The van der Waals surface area contributed by atoms with Gasteiger partial charge in [0.2, 0.25) is 0 Å². The summed E-state index contributed by atoms with van der Waals surface area (Å²) in [5, 5.41) is 0. The second-order valence-corrected chi connectivity index (χ2v) is 4.06. The van der Waals surface area contributed by atoms with Crippen molar-refractivity contribution in [2.45, 2.75) is 13.3 Å². The standard InChI is InChI=1S/C15H17N.ClH/c1-12-6-8-14(9-7-12)15-5-3-2-4-13(15)10-11-16;/h2-9H,10-11,16H2,1H3;1H. The van der Waals surface area contributed by atoms with Crippen LogP contribution in [0.2, 0.25) is 0 Å². The summed E-state index contributed by atoms with van der Waals surface area (Å²) in [5.74, 6) is 0. The van der Waals surface area contributed by atoms with E-state index in [0.717, 1.165) is 6.42 Å². The first kappa shape index (κ1) is 13.8. The van der Waals surface area contributed by atoms with Crippen molar-refractivity contribution in [1.82, 2.24) is 0 Å². The third-order valence-electron chi connectivity index (χ3n) is 2.79. The number of nitrogens with two attached hydrogens (primary N) is 1. The molecule has 2 N–H and O–H groups in total. The van der Waals surface area contributed by atoms with Crippen molar-refractivity contribution < 1.29 is 0 Å². The fourth-order valence-electron chi connectivity index (χ4n) is 1.91. The molecule has 0 saturated carbocycles. The Balaban J connectivity index is 0.00000144. The molecule has 17 heavy (non-hydrogen) atoms. The highest BCUT2D eigenvalue weighted by Gasteiger charge is 2.02. The van der Waals surface area contributed by atoms with Crippen LogP contribution in [0.1, 0.15) is 11.1 Å². The smallest absolute Gasteiger partial charge is 0.00365 e. The fourth-order valence-corrected chi connectivity index (χ4v) is 1.91. The molecule has 2 heteroatoms. The summed E-state index contributed by atoms with van der Waals surface area (Å²) >= 11 is 0. The fraction of sp³-hybridized carbons (Fsp3) is 0.200. The van der Waals surface area contributed by atoms with Gasteiger partial charge in [-0.15, -0.1) is 12.4 Å². The van der Waals surface area contributed by atoms with E-state index in [1.54, 1.807) is 0 Å². The highest BCUT2D eigenvalue weighted by molar-refractivity contribution is 5.85. The summed E-state index contributed by atoms with van der Waals surface area (Å²) in [6.07, 6.45) is 0.935. The van der Waals surface area contributed by atoms with Crippen LogP contribution in [0, 0.1) is 6.92 Å². The zero-order valence-electron chi connectivity index (χ0n) is 10.0. The maximum absolute atomic E-state index is 5.63. The van der Waals surface area contributed by atoms with Crippen LogP contribution in [0.5, 0.6) is 0 Å². The SMILES string of the molecule is Cc1ccc(-c2ccccc2CCN)cc1.Cl. The molecule has 0 atom stereocenters. The van der Waals surface area contributed by atoms with Gasteiger partial charge < -0.3 is 5.73 Å². The molecule has 0 aliphatic heterocycles. The van der Waals surface area contributed by atoms with E-state index in [1.807, 2.05) is 0 Å². The number of benzene rings is 2. The number of hydrogen-bond acceptors (Lipinski definition) is 1. The Bertz CT molecular complexity index is 463. The molecule has 0 bridgehead atoms. The van der Waals surface area contributed by atoms with Gasteiger partial charge in [0.1, 0.15) is 0 Å². The lowest BCUT2D eigenvalue weighted by atomic mass is 9.97. The van der Waals surface area contributed by atoms with Gasteiger partial charge in [-0.2, -0.15) is 0 Å². The zero-order chi connectivity index (χ0) is 11.4. The van der Waals surface area contributed by atoms with Crippen molar-refractivity contribution in [1.29, 1.82) is 0 Å². The van der Waals surface area contributed by atoms with Gasteiger partial charge >= 0.3 is 0 Å². The monoisotopic (exact) mass is 247 g/mol. The van der Waals surface area contributed by atoms with Crippen LogP contribution in [-0.2, 0) is 6.42 Å². The van der Waals surface area contributed by atoms with Gasteiger partial charge in [-0.05, 0) is 36.6 Å². The Kier molecular flexibility index (Phi) is 5.20. The van der Waals surface area contributed by atoms with Gasteiger partial charge in [0.05, 0.1) is 0 Å². The van der Waals surface area contributed by atoms with Crippen LogP contribution in [0.15, 0.2) is 48.5 Å². The molecule has 2 aromatic carbocycles. The molecule has 0 aliphatic rings. The Morgan fingerprint density at radius 3 is 2.24 bits per heavy atom. The van der Waals surface area contributed by atoms with Gasteiger partial charge in [-0.25, -0.2) is 0 Å². The van der Waals surface area contributed by atoms with E-state index >= 15 is 0 Å². The Morgan fingerprint density at radius 1 is 0.941 bits per heavy atom. The van der Waals surface area contributed by atoms with Crippen molar-refractivity contribution in [2.24, 2.45) is 5.73 Å². The minimum atomic E-state index is 0. The van der Waals surface area contributed by atoms with Crippen molar-refractivity contribution in [3.63, 3.8) is 0 Å². The summed E-state index contributed by atoms with van der Waals surface area (Å²) in [6, 6.07) is 17.1. The Labute approximate surface area is 109 Å². The van der Waals surface area contributed by atoms with Crippen LogP contribution in [0.4, 0.5) is 0 Å². The van der Waals surface area contributed by atoms with E-state index in [9.17, 15) is 0 Å². The second-order valence-electron chi connectivity index (χ2n) is 4.06. The molecular weight excluding hydrogens is 230 g/mol. The molecule has 0 fully saturated rings. The van der Waals surface area contributed by atoms with Crippen molar-refractivity contribution in [3.8, 4) is 11.1 Å². The molecule has 0 spiro atoms. The molecule has 1 nitrogen and oxygen atoms in total. The van der Waals surface area contributed by atoms with E-state index in [2.05, 4.69) is 55.5 Å². The van der Waals surface area contributed by atoms with Crippen LogP contribution >= 0.6 is 12.4 Å². The number of rotatable bonds is 3. The van der Waals surface area contributed by atoms with Gasteiger partial charge in [0.25, 0.3) is 0 Å². The summed E-state index contributed by atoms with van der Waals surface area (Å²) < 4.78 is 0. The summed E-state index contributed by atoms with van der Waals surface area (Å²) in [7, 11) is 0. The van der Waals surface area contributed by atoms with Gasteiger partial charge in [-0.1, -0.05) is 54.1 Å². The molecule has 0 amide bonds. The summed E-state index contributed by atoms with van der Waals surface area (Å²) in [5.41, 5.74) is 10.8. The lowest BCUT2D eigenvalue weighted by molar-refractivity contribution is 0.970. The molecule has 0 heterocycles. The molecule has 0 aromatic heterocycles. The number of hydrogen-bond donors (Lipinski definition) is 1. The van der Waals surface area contributed by atoms with Crippen molar-refractivity contribution in [3.05, 3.63) is 59.7 Å². The van der Waals surface area contributed by atoms with Crippen LogP contribution in [0.3, 0.4) is 0 Å². The van der Waals surface area contributed by atoms with E-state index in [4.69, 9.17) is 5.73 Å². The third kappa shape index (κ3) is 3.32. The largest absolute Gasteiger partial charge is 0.330 e. The van der Waals surface area contributed by atoms with Gasteiger partial charge in [-0.3, -0.25) is 0 Å². The molecule has 2 aromatic rings. The van der Waals surface area contributed by atoms with E-state index in [1.165, 1.54) is 22.3 Å². The Morgan fingerprint density at radius 2 is 1.59 bits per heavy atom. The topological polar surface area (TPSA) is 26.0 Å². The molecular formula is C15H18ClN. The van der Waals surface area contributed by atoms with Crippen molar-refractivity contribution >= 4 is 12.4 Å². The minimum Gasteiger partial charge on any atom is -0.330 e. The van der Waals surface area contributed by atoms with Crippen LogP contribution in [0.25, 0.3) is 11.1 Å². The molecule has 0 aliphatic carbocycles.